The van der Waals surface area contributed by atoms with Crippen LogP contribution >= 0.6 is 0 Å². The third-order valence-electron chi connectivity index (χ3n) is 5.66. The molecule has 4 unspecified atom stereocenters. The van der Waals surface area contributed by atoms with E-state index >= 15 is 0 Å². The van der Waals surface area contributed by atoms with E-state index < -0.39 is 0 Å². The highest BCUT2D eigenvalue weighted by Gasteiger charge is 2.65. The molecule has 4 atom stereocenters. The summed E-state index contributed by atoms with van der Waals surface area (Å²) < 4.78 is 0. The summed E-state index contributed by atoms with van der Waals surface area (Å²) in [5.41, 5.74) is 7.75. The lowest BCUT2D eigenvalue weighted by Crippen LogP contribution is -2.30. The molecule has 1 aromatic heterocycles. The normalized spacial score (nSPS) is 37.2. The number of nitrogens with one attached hydrogen (secondary N) is 2. The lowest BCUT2D eigenvalue weighted by molar-refractivity contribution is 0.0940. The molecular formula is C15H22N4O. The zero-order valence-electron chi connectivity index (χ0n) is 12.0. The summed E-state index contributed by atoms with van der Waals surface area (Å²) in [5, 5.41) is 10.2. The van der Waals surface area contributed by atoms with Crippen molar-refractivity contribution in [1.29, 1.82) is 0 Å². The average molecular weight is 274 g/mol. The molecule has 4 N–H and O–H groups in total. The zero-order chi connectivity index (χ0) is 14.0. The number of nitrogen functional groups attached to an aromatic ring is 1. The van der Waals surface area contributed by atoms with E-state index in [9.17, 15) is 4.79 Å². The van der Waals surface area contributed by atoms with Gasteiger partial charge < -0.3 is 11.1 Å². The van der Waals surface area contributed by atoms with Crippen molar-refractivity contribution in [3.8, 4) is 0 Å². The number of nitrogens with two attached hydrogens (primary N) is 1. The molecule has 108 valence electrons. The van der Waals surface area contributed by atoms with Gasteiger partial charge in [0.05, 0.1) is 11.4 Å². The van der Waals surface area contributed by atoms with Gasteiger partial charge in [0.25, 0.3) is 5.91 Å². The van der Waals surface area contributed by atoms with Crippen molar-refractivity contribution in [2.75, 3.05) is 5.73 Å². The zero-order valence-corrected chi connectivity index (χ0v) is 12.0. The maximum atomic E-state index is 12.3. The van der Waals surface area contributed by atoms with E-state index in [4.69, 9.17) is 5.73 Å². The number of carbonyl (C=O) groups is 1. The van der Waals surface area contributed by atoms with Gasteiger partial charge in [-0.2, -0.15) is 5.10 Å². The molecule has 20 heavy (non-hydrogen) atoms. The van der Waals surface area contributed by atoms with Crippen LogP contribution in [0.2, 0.25) is 0 Å². The summed E-state index contributed by atoms with van der Waals surface area (Å²) in [4.78, 5) is 12.3. The number of amides is 1. The van der Waals surface area contributed by atoms with Gasteiger partial charge in [-0.15, -0.1) is 0 Å². The van der Waals surface area contributed by atoms with Gasteiger partial charge in [-0.05, 0) is 48.9 Å². The molecule has 2 bridgehead atoms. The minimum atomic E-state index is -0.107. The van der Waals surface area contributed by atoms with Crippen molar-refractivity contribution in [2.45, 2.75) is 45.1 Å². The Hall–Kier alpha value is -1.52. The molecule has 3 fully saturated rings. The van der Waals surface area contributed by atoms with Crippen LogP contribution in [0.1, 0.15) is 55.2 Å². The predicted molar refractivity (Wildman–Crippen MR) is 76.2 cm³/mol. The van der Waals surface area contributed by atoms with Crippen LogP contribution in [0.5, 0.6) is 0 Å². The van der Waals surface area contributed by atoms with Gasteiger partial charge in [-0.25, -0.2) is 0 Å². The second-order valence-electron chi connectivity index (χ2n) is 7.04. The summed E-state index contributed by atoms with van der Waals surface area (Å²) in [6.45, 7) is 4.07. The summed E-state index contributed by atoms with van der Waals surface area (Å²) in [6.07, 6.45) is 4.12. The highest BCUT2D eigenvalue weighted by atomic mass is 16.2. The van der Waals surface area contributed by atoms with Gasteiger partial charge in [0.1, 0.15) is 0 Å². The Labute approximate surface area is 118 Å². The lowest BCUT2D eigenvalue weighted by atomic mass is 10.0. The smallest absolute Gasteiger partial charge is 0.274 e. The van der Waals surface area contributed by atoms with E-state index in [0.717, 1.165) is 29.4 Å². The maximum absolute atomic E-state index is 12.3. The van der Waals surface area contributed by atoms with Crippen LogP contribution in [0.15, 0.2) is 0 Å². The van der Waals surface area contributed by atoms with Crippen LogP contribution in [-0.4, -0.2) is 22.1 Å². The van der Waals surface area contributed by atoms with E-state index in [2.05, 4.69) is 15.5 Å². The Morgan fingerprint density at radius 3 is 2.55 bits per heavy atom. The predicted octanol–water partition coefficient (Wildman–Crippen LogP) is 1.89. The highest BCUT2D eigenvalue weighted by molar-refractivity contribution is 5.98. The largest absolute Gasteiger partial charge is 0.395 e. The van der Waals surface area contributed by atoms with Gasteiger partial charge >= 0.3 is 0 Å². The lowest BCUT2D eigenvalue weighted by Gasteiger charge is -2.10. The van der Waals surface area contributed by atoms with Crippen LogP contribution in [0.3, 0.4) is 0 Å². The Bertz CT molecular complexity index is 548. The summed E-state index contributed by atoms with van der Waals surface area (Å²) in [7, 11) is 0. The second-order valence-corrected chi connectivity index (χ2v) is 7.04. The number of rotatable bonds is 3. The van der Waals surface area contributed by atoms with Crippen LogP contribution in [0.4, 0.5) is 5.69 Å². The molecule has 5 nitrogen and oxygen atoms in total. The number of carbonyl (C=O) groups excluding carboxylic acids is 1. The van der Waals surface area contributed by atoms with Crippen molar-refractivity contribution in [3.63, 3.8) is 0 Å². The molecule has 0 saturated heterocycles. The fourth-order valence-electron chi connectivity index (χ4n) is 4.72. The van der Waals surface area contributed by atoms with E-state index in [1.807, 2.05) is 13.8 Å². The van der Waals surface area contributed by atoms with Crippen LogP contribution < -0.4 is 11.1 Å². The highest BCUT2D eigenvalue weighted by Crippen LogP contribution is 2.65. The van der Waals surface area contributed by atoms with Gasteiger partial charge in [-0.3, -0.25) is 9.89 Å². The van der Waals surface area contributed by atoms with Crippen LogP contribution in [0, 0.1) is 23.7 Å². The Morgan fingerprint density at radius 2 is 2.00 bits per heavy atom. The van der Waals surface area contributed by atoms with Crippen molar-refractivity contribution in [3.05, 3.63) is 11.4 Å². The molecule has 1 heterocycles. The van der Waals surface area contributed by atoms with Crippen LogP contribution in [-0.2, 0) is 0 Å². The number of anilines is 1. The van der Waals surface area contributed by atoms with E-state index in [0.29, 0.717) is 17.4 Å². The molecule has 0 aromatic carbocycles. The van der Waals surface area contributed by atoms with E-state index in [-0.39, 0.29) is 11.8 Å². The topological polar surface area (TPSA) is 83.8 Å². The molecule has 0 spiro atoms. The van der Waals surface area contributed by atoms with Gasteiger partial charge in [0.2, 0.25) is 0 Å². The number of aromatic amines is 1. The first kappa shape index (κ1) is 12.2. The molecule has 3 saturated carbocycles. The maximum Gasteiger partial charge on any atom is 0.274 e. The number of hydrogen-bond donors (Lipinski definition) is 3. The number of hydrogen-bond acceptors (Lipinski definition) is 3. The van der Waals surface area contributed by atoms with Crippen molar-refractivity contribution in [1.82, 2.24) is 15.5 Å². The molecule has 4 rings (SSSR count). The number of H-pyrrole nitrogens is 1. The first-order valence-corrected chi connectivity index (χ1v) is 7.72. The Kier molecular flexibility index (Phi) is 2.44. The molecule has 0 aliphatic heterocycles. The minimum Gasteiger partial charge on any atom is -0.395 e. The van der Waals surface area contributed by atoms with Crippen molar-refractivity contribution < 1.29 is 4.79 Å². The molecule has 3 aliphatic rings. The summed E-state index contributed by atoms with van der Waals surface area (Å²) >= 11 is 0. The summed E-state index contributed by atoms with van der Waals surface area (Å²) in [6, 6.07) is 0.382. The third-order valence-corrected chi connectivity index (χ3v) is 5.66. The SMILES string of the molecule is CC(C)c1[nH]nc(C(=O)NC2C3C4CCC(C4)C23)c1N. The monoisotopic (exact) mass is 274 g/mol. The number of fused-ring (bicyclic) bond motifs is 5. The first-order valence-electron chi connectivity index (χ1n) is 7.72. The fourth-order valence-corrected chi connectivity index (χ4v) is 4.72. The molecule has 1 amide bonds. The van der Waals surface area contributed by atoms with Gasteiger partial charge in [0, 0.05) is 6.04 Å². The fraction of sp³-hybridized carbons (Fsp3) is 0.733. The molecule has 3 aliphatic carbocycles. The minimum absolute atomic E-state index is 0.107. The summed E-state index contributed by atoms with van der Waals surface area (Å²) in [5.74, 6) is 3.34. The first-order chi connectivity index (χ1) is 9.58. The van der Waals surface area contributed by atoms with E-state index in [1.54, 1.807) is 0 Å². The van der Waals surface area contributed by atoms with Gasteiger partial charge in [0.15, 0.2) is 5.69 Å². The quantitative estimate of drug-likeness (QED) is 0.787. The molecule has 1 aromatic rings. The second kappa shape index (κ2) is 3.99. The number of nitrogens with zero attached hydrogens (tertiary/aromatic N) is 1. The average Bonchev–Trinajstić information content (AvgIpc) is 2.81. The number of aromatic nitrogens is 2. The third kappa shape index (κ3) is 1.55. The molecular weight excluding hydrogens is 252 g/mol. The van der Waals surface area contributed by atoms with Crippen molar-refractivity contribution >= 4 is 11.6 Å². The van der Waals surface area contributed by atoms with Crippen LogP contribution in [0.25, 0.3) is 0 Å². The Balaban J connectivity index is 1.47. The standard InChI is InChI=1S/C15H22N4O/c1-6(2)12-11(16)14(19-18-12)15(20)17-13-9-7-3-4-8(5-7)10(9)13/h6-10,13H,3-5,16H2,1-2H3,(H,17,20)(H,18,19). The molecule has 0 radical (unpaired) electrons. The van der Waals surface area contributed by atoms with Crippen molar-refractivity contribution in [2.24, 2.45) is 23.7 Å². The van der Waals surface area contributed by atoms with Gasteiger partial charge in [-0.1, -0.05) is 13.8 Å². The Morgan fingerprint density at radius 1 is 1.35 bits per heavy atom. The molecule has 5 heteroatoms. The van der Waals surface area contributed by atoms with E-state index in [1.165, 1.54) is 19.3 Å².